The highest BCUT2D eigenvalue weighted by molar-refractivity contribution is 14.1. The number of nitro benzene ring substituents is 1. The molecule has 2 rings (SSSR count). The Hall–Kier alpha value is -2.07. The van der Waals surface area contributed by atoms with Crippen LogP contribution in [0.2, 0.25) is 0 Å². The third-order valence-electron chi connectivity index (χ3n) is 2.63. The average Bonchev–Trinajstić information content (AvgIpc) is 2.47. The molecule has 0 fully saturated rings. The van der Waals surface area contributed by atoms with E-state index in [2.05, 4.69) is 33.2 Å². The maximum absolute atomic E-state index is 12.0. The standard InChI is InChI=1S/C14H10IN3O3S/c15-10-4-1-3-9(7-10)13(19)17-14(22)16-11-5-2-6-12(8-11)18(20)21/h1-8H,(H2,16,17,19,22). The van der Waals surface area contributed by atoms with Crippen molar-refractivity contribution in [2.75, 3.05) is 5.32 Å². The molecule has 0 saturated carbocycles. The maximum Gasteiger partial charge on any atom is 0.271 e. The van der Waals surface area contributed by atoms with E-state index < -0.39 is 4.92 Å². The highest BCUT2D eigenvalue weighted by Gasteiger charge is 2.10. The fourth-order valence-corrected chi connectivity index (χ4v) is 2.42. The van der Waals surface area contributed by atoms with Gasteiger partial charge in [-0.1, -0.05) is 12.1 Å². The van der Waals surface area contributed by atoms with Gasteiger partial charge in [-0.3, -0.25) is 20.2 Å². The monoisotopic (exact) mass is 427 g/mol. The van der Waals surface area contributed by atoms with Gasteiger partial charge in [0, 0.05) is 27.0 Å². The number of benzene rings is 2. The molecule has 0 bridgehead atoms. The van der Waals surface area contributed by atoms with Crippen molar-refractivity contribution >= 4 is 57.2 Å². The summed E-state index contributed by atoms with van der Waals surface area (Å²) in [6.07, 6.45) is 0. The van der Waals surface area contributed by atoms with Crippen LogP contribution >= 0.6 is 34.8 Å². The SMILES string of the molecule is O=C(NC(=S)Nc1cccc([N+](=O)[O-])c1)c1cccc(I)c1. The highest BCUT2D eigenvalue weighted by Crippen LogP contribution is 2.17. The van der Waals surface area contributed by atoms with Crippen LogP contribution in [0.5, 0.6) is 0 Å². The normalized spacial score (nSPS) is 9.86. The number of halogens is 1. The molecule has 112 valence electrons. The van der Waals surface area contributed by atoms with Crippen molar-refractivity contribution in [3.05, 3.63) is 67.8 Å². The first-order valence-corrected chi connectivity index (χ1v) is 7.57. The van der Waals surface area contributed by atoms with Gasteiger partial charge in [0.2, 0.25) is 0 Å². The summed E-state index contributed by atoms with van der Waals surface area (Å²) >= 11 is 7.15. The van der Waals surface area contributed by atoms with E-state index in [4.69, 9.17) is 12.2 Å². The topological polar surface area (TPSA) is 84.3 Å². The molecule has 0 aliphatic heterocycles. The van der Waals surface area contributed by atoms with Crippen LogP contribution < -0.4 is 10.6 Å². The molecular weight excluding hydrogens is 417 g/mol. The number of amides is 1. The molecule has 2 aromatic rings. The van der Waals surface area contributed by atoms with Crippen molar-refractivity contribution in [1.82, 2.24) is 5.32 Å². The van der Waals surface area contributed by atoms with Gasteiger partial charge in [-0.05, 0) is 59.1 Å². The number of non-ortho nitro benzene ring substituents is 1. The van der Waals surface area contributed by atoms with Crippen LogP contribution in [0.15, 0.2) is 48.5 Å². The Bertz CT molecular complexity index is 752. The fraction of sp³-hybridized carbons (Fsp3) is 0. The van der Waals surface area contributed by atoms with Gasteiger partial charge in [0.1, 0.15) is 0 Å². The van der Waals surface area contributed by atoms with Crippen molar-refractivity contribution in [3.63, 3.8) is 0 Å². The number of anilines is 1. The van der Waals surface area contributed by atoms with Crippen molar-refractivity contribution in [1.29, 1.82) is 0 Å². The lowest BCUT2D eigenvalue weighted by molar-refractivity contribution is -0.384. The molecule has 2 N–H and O–H groups in total. The van der Waals surface area contributed by atoms with E-state index in [1.54, 1.807) is 24.3 Å². The molecule has 8 heteroatoms. The molecule has 0 saturated heterocycles. The van der Waals surface area contributed by atoms with Crippen LogP contribution in [0, 0.1) is 13.7 Å². The fourth-order valence-electron chi connectivity index (χ4n) is 1.66. The Balaban J connectivity index is 2.02. The summed E-state index contributed by atoms with van der Waals surface area (Å²) in [5.74, 6) is -0.346. The number of rotatable bonds is 3. The Morgan fingerprint density at radius 1 is 1.18 bits per heavy atom. The molecule has 6 nitrogen and oxygen atoms in total. The van der Waals surface area contributed by atoms with Crippen molar-refractivity contribution < 1.29 is 9.72 Å². The van der Waals surface area contributed by atoms with Crippen LogP contribution in [-0.2, 0) is 0 Å². The van der Waals surface area contributed by atoms with Crippen LogP contribution in [0.1, 0.15) is 10.4 Å². The summed E-state index contributed by atoms with van der Waals surface area (Å²) in [6.45, 7) is 0. The molecule has 0 aliphatic rings. The first kappa shape index (κ1) is 16.3. The van der Waals surface area contributed by atoms with E-state index in [9.17, 15) is 14.9 Å². The largest absolute Gasteiger partial charge is 0.332 e. The number of carbonyl (C=O) groups excluding carboxylic acids is 1. The van der Waals surface area contributed by atoms with E-state index in [-0.39, 0.29) is 16.7 Å². The summed E-state index contributed by atoms with van der Waals surface area (Å²) in [5.41, 5.74) is 0.856. The van der Waals surface area contributed by atoms with E-state index in [0.717, 1.165) is 3.57 Å². The van der Waals surface area contributed by atoms with Gasteiger partial charge in [-0.15, -0.1) is 0 Å². The zero-order valence-corrected chi connectivity index (χ0v) is 14.1. The minimum atomic E-state index is -0.501. The van der Waals surface area contributed by atoms with Crippen molar-refractivity contribution in [2.24, 2.45) is 0 Å². The Morgan fingerprint density at radius 3 is 2.59 bits per heavy atom. The van der Waals surface area contributed by atoms with Gasteiger partial charge < -0.3 is 5.32 Å². The second kappa shape index (κ2) is 7.27. The lowest BCUT2D eigenvalue weighted by Gasteiger charge is -2.09. The van der Waals surface area contributed by atoms with Crippen LogP contribution in [0.3, 0.4) is 0 Å². The predicted octanol–water partition coefficient (Wildman–Crippen LogP) is 3.33. The lowest BCUT2D eigenvalue weighted by atomic mass is 10.2. The summed E-state index contributed by atoms with van der Waals surface area (Å²) in [7, 11) is 0. The van der Waals surface area contributed by atoms with Gasteiger partial charge in [-0.25, -0.2) is 0 Å². The maximum atomic E-state index is 12.0. The third kappa shape index (κ3) is 4.46. The Morgan fingerprint density at radius 2 is 1.91 bits per heavy atom. The minimum absolute atomic E-state index is 0.0586. The molecule has 0 aliphatic carbocycles. The van der Waals surface area contributed by atoms with Crippen molar-refractivity contribution in [3.8, 4) is 0 Å². The zero-order valence-electron chi connectivity index (χ0n) is 11.1. The average molecular weight is 427 g/mol. The molecule has 0 unspecified atom stereocenters. The molecule has 0 spiro atoms. The first-order chi connectivity index (χ1) is 10.5. The van der Waals surface area contributed by atoms with Gasteiger partial charge in [0.15, 0.2) is 5.11 Å². The van der Waals surface area contributed by atoms with Crippen molar-refractivity contribution in [2.45, 2.75) is 0 Å². The zero-order chi connectivity index (χ0) is 16.1. The highest BCUT2D eigenvalue weighted by atomic mass is 127. The smallest absolute Gasteiger partial charge is 0.271 e. The number of hydrogen-bond donors (Lipinski definition) is 2. The van der Waals surface area contributed by atoms with Gasteiger partial charge in [-0.2, -0.15) is 0 Å². The van der Waals surface area contributed by atoms with Crippen LogP contribution in [-0.4, -0.2) is 15.9 Å². The predicted molar refractivity (Wildman–Crippen MR) is 95.9 cm³/mol. The molecule has 0 aromatic heterocycles. The molecule has 0 atom stereocenters. The summed E-state index contributed by atoms with van der Waals surface area (Å²) in [5, 5.41) is 16.1. The molecule has 0 heterocycles. The lowest BCUT2D eigenvalue weighted by Crippen LogP contribution is -2.34. The van der Waals surface area contributed by atoms with Crippen LogP contribution in [0.25, 0.3) is 0 Å². The number of nitrogens with one attached hydrogen (secondary N) is 2. The molecule has 0 radical (unpaired) electrons. The van der Waals surface area contributed by atoms with Crippen LogP contribution in [0.4, 0.5) is 11.4 Å². The number of carbonyl (C=O) groups is 1. The minimum Gasteiger partial charge on any atom is -0.332 e. The number of hydrogen-bond acceptors (Lipinski definition) is 4. The van der Waals surface area contributed by atoms with E-state index in [1.165, 1.54) is 18.2 Å². The van der Waals surface area contributed by atoms with E-state index >= 15 is 0 Å². The summed E-state index contributed by atoms with van der Waals surface area (Å²) < 4.78 is 0.933. The summed E-state index contributed by atoms with van der Waals surface area (Å²) in [4.78, 5) is 22.2. The Labute approximate surface area is 145 Å². The summed E-state index contributed by atoms with van der Waals surface area (Å²) in [6, 6.07) is 12.9. The third-order valence-corrected chi connectivity index (χ3v) is 3.50. The second-order valence-electron chi connectivity index (χ2n) is 4.23. The Kier molecular flexibility index (Phi) is 5.39. The number of thiocarbonyl (C=S) groups is 1. The van der Waals surface area contributed by atoms with E-state index in [0.29, 0.717) is 11.3 Å². The molecule has 22 heavy (non-hydrogen) atoms. The van der Waals surface area contributed by atoms with Gasteiger partial charge >= 0.3 is 0 Å². The molecule has 2 aromatic carbocycles. The first-order valence-electron chi connectivity index (χ1n) is 6.08. The van der Waals surface area contributed by atoms with Gasteiger partial charge in [0.25, 0.3) is 11.6 Å². The van der Waals surface area contributed by atoms with Gasteiger partial charge in [0.05, 0.1) is 4.92 Å². The van der Waals surface area contributed by atoms with E-state index in [1.807, 2.05) is 6.07 Å². The number of nitrogens with zero attached hydrogens (tertiary/aromatic N) is 1. The quantitative estimate of drug-likeness (QED) is 0.340. The molecular formula is C14H10IN3O3S. The second-order valence-corrected chi connectivity index (χ2v) is 5.88. The number of nitro groups is 1. The molecule has 1 amide bonds.